The minimum atomic E-state index is 0.0173. The van der Waals surface area contributed by atoms with Crippen LogP contribution < -0.4 is 14.2 Å². The number of phenols is 1. The predicted molar refractivity (Wildman–Crippen MR) is 102 cm³/mol. The molecule has 0 spiro atoms. The number of nitrogens with zero attached hydrogens (tertiary/aromatic N) is 2. The number of thiazole rings is 1. The van der Waals surface area contributed by atoms with E-state index in [4.69, 9.17) is 14.2 Å². The molecular weight excluding hydrogens is 364 g/mol. The average Bonchev–Trinajstić information content (AvgIpc) is 3.35. The van der Waals surface area contributed by atoms with Gasteiger partial charge in [-0.05, 0) is 42.0 Å². The number of hydrogen-bond acceptors (Lipinski definition) is 7. The monoisotopic (exact) mass is 378 g/mol. The molecule has 0 fully saturated rings. The van der Waals surface area contributed by atoms with E-state index in [-0.39, 0.29) is 12.5 Å². The molecule has 0 radical (unpaired) electrons. The van der Waals surface area contributed by atoms with Crippen LogP contribution in [0.1, 0.15) is 10.6 Å². The van der Waals surface area contributed by atoms with Crippen molar-refractivity contribution in [2.24, 2.45) is 0 Å². The molecule has 0 unspecified atom stereocenters. The van der Waals surface area contributed by atoms with E-state index in [1.807, 2.05) is 23.6 Å². The molecule has 134 valence electrons. The van der Waals surface area contributed by atoms with Crippen LogP contribution in [-0.4, -0.2) is 24.0 Å². The number of methoxy groups -OCH3 is 1. The van der Waals surface area contributed by atoms with Crippen LogP contribution in [0.2, 0.25) is 0 Å². The van der Waals surface area contributed by atoms with E-state index < -0.39 is 0 Å². The average molecular weight is 378 g/mol. The van der Waals surface area contributed by atoms with Crippen molar-refractivity contribution in [2.45, 2.75) is 0 Å². The molecule has 27 heavy (non-hydrogen) atoms. The van der Waals surface area contributed by atoms with Crippen molar-refractivity contribution in [3.8, 4) is 40.3 Å². The number of rotatable bonds is 4. The van der Waals surface area contributed by atoms with Crippen LogP contribution in [0.5, 0.6) is 23.0 Å². The Hall–Kier alpha value is -3.50. The summed E-state index contributed by atoms with van der Waals surface area (Å²) >= 11 is 1.38. The predicted octanol–water partition coefficient (Wildman–Crippen LogP) is 4.32. The first-order chi connectivity index (χ1) is 13.2. The van der Waals surface area contributed by atoms with Gasteiger partial charge in [-0.1, -0.05) is 6.07 Å². The fourth-order valence-corrected chi connectivity index (χ4v) is 3.49. The standard InChI is InChI=1S/C20H14N2O4S/c1-24-17-4-2-12(7-16(17)23)6-14(9-21)20-22-15(10-27-20)13-3-5-18-19(8-13)26-11-25-18/h2-8,10,23H,11H2,1H3/b14-6+. The molecule has 0 amide bonds. The molecule has 7 heteroatoms. The summed E-state index contributed by atoms with van der Waals surface area (Å²) in [6, 6.07) is 12.8. The van der Waals surface area contributed by atoms with Crippen molar-refractivity contribution in [2.75, 3.05) is 13.9 Å². The number of aromatic hydroxyl groups is 1. The molecule has 1 aliphatic rings. The number of ether oxygens (including phenoxy) is 3. The quantitative estimate of drug-likeness (QED) is 0.681. The van der Waals surface area contributed by atoms with E-state index >= 15 is 0 Å². The van der Waals surface area contributed by atoms with Crippen molar-refractivity contribution < 1.29 is 19.3 Å². The lowest BCUT2D eigenvalue weighted by Crippen LogP contribution is -1.92. The van der Waals surface area contributed by atoms with Crippen molar-refractivity contribution in [1.82, 2.24) is 4.98 Å². The van der Waals surface area contributed by atoms with Gasteiger partial charge in [0, 0.05) is 10.9 Å². The SMILES string of the molecule is COc1ccc(/C=C(\C#N)c2nc(-c3ccc4c(c3)OCO4)cs2)cc1O. The maximum absolute atomic E-state index is 9.90. The zero-order valence-electron chi connectivity index (χ0n) is 14.3. The highest BCUT2D eigenvalue weighted by Gasteiger charge is 2.16. The van der Waals surface area contributed by atoms with E-state index in [1.54, 1.807) is 24.3 Å². The van der Waals surface area contributed by atoms with E-state index in [2.05, 4.69) is 11.1 Å². The summed E-state index contributed by atoms with van der Waals surface area (Å²) in [6.45, 7) is 0.219. The van der Waals surface area contributed by atoms with Gasteiger partial charge in [-0.2, -0.15) is 5.26 Å². The summed E-state index contributed by atoms with van der Waals surface area (Å²) < 4.78 is 15.8. The number of nitriles is 1. The molecule has 1 N–H and O–H groups in total. The first-order valence-electron chi connectivity index (χ1n) is 8.02. The Morgan fingerprint density at radius 2 is 2.11 bits per heavy atom. The number of benzene rings is 2. The molecule has 0 saturated heterocycles. The van der Waals surface area contributed by atoms with E-state index in [9.17, 15) is 10.4 Å². The highest BCUT2D eigenvalue weighted by Crippen LogP contribution is 2.37. The second-order valence-corrected chi connectivity index (χ2v) is 6.57. The van der Waals surface area contributed by atoms with Crippen LogP contribution in [0.15, 0.2) is 41.8 Å². The third-order valence-electron chi connectivity index (χ3n) is 4.04. The van der Waals surface area contributed by atoms with Gasteiger partial charge < -0.3 is 19.3 Å². The van der Waals surface area contributed by atoms with Crippen molar-refractivity contribution in [3.05, 3.63) is 52.3 Å². The molecule has 3 aromatic rings. The first-order valence-corrected chi connectivity index (χ1v) is 8.90. The summed E-state index contributed by atoms with van der Waals surface area (Å²) in [5.41, 5.74) is 2.74. The molecule has 0 aliphatic carbocycles. The van der Waals surface area contributed by atoms with Crippen LogP contribution in [0, 0.1) is 11.3 Å². The Labute approximate surface area is 159 Å². The lowest BCUT2D eigenvalue weighted by molar-refractivity contribution is 0.174. The van der Waals surface area contributed by atoms with E-state index in [1.165, 1.54) is 18.4 Å². The van der Waals surface area contributed by atoms with Gasteiger partial charge >= 0.3 is 0 Å². The lowest BCUT2D eigenvalue weighted by Gasteiger charge is -2.03. The zero-order chi connectivity index (χ0) is 18.8. The number of hydrogen-bond donors (Lipinski definition) is 1. The van der Waals surface area contributed by atoms with Crippen LogP contribution in [0.25, 0.3) is 22.9 Å². The Kier molecular flexibility index (Phi) is 4.40. The maximum Gasteiger partial charge on any atom is 0.231 e. The third-order valence-corrected chi connectivity index (χ3v) is 4.91. The fourth-order valence-electron chi connectivity index (χ4n) is 2.69. The minimum absolute atomic E-state index is 0.0173. The van der Waals surface area contributed by atoms with Gasteiger partial charge in [0.05, 0.1) is 18.4 Å². The Morgan fingerprint density at radius 1 is 1.26 bits per heavy atom. The van der Waals surface area contributed by atoms with Crippen molar-refractivity contribution >= 4 is 23.0 Å². The first kappa shape index (κ1) is 16.9. The highest BCUT2D eigenvalue weighted by atomic mass is 32.1. The molecule has 0 saturated carbocycles. The maximum atomic E-state index is 9.90. The van der Waals surface area contributed by atoms with Crippen molar-refractivity contribution in [1.29, 1.82) is 5.26 Å². The number of fused-ring (bicyclic) bond motifs is 1. The lowest BCUT2D eigenvalue weighted by atomic mass is 10.1. The van der Waals surface area contributed by atoms with E-state index in [0.717, 1.165) is 11.3 Å². The topological polar surface area (TPSA) is 84.6 Å². The van der Waals surface area contributed by atoms with Gasteiger partial charge in [-0.15, -0.1) is 11.3 Å². The molecule has 1 aromatic heterocycles. The number of aromatic nitrogens is 1. The van der Waals surface area contributed by atoms with Gasteiger partial charge in [-0.25, -0.2) is 4.98 Å². The van der Waals surface area contributed by atoms with E-state index in [0.29, 0.717) is 33.4 Å². The summed E-state index contributed by atoms with van der Waals surface area (Å²) in [6.07, 6.45) is 1.68. The smallest absolute Gasteiger partial charge is 0.231 e. The Balaban J connectivity index is 1.65. The molecule has 0 atom stereocenters. The molecule has 2 heterocycles. The summed E-state index contributed by atoms with van der Waals surface area (Å²) in [4.78, 5) is 4.57. The normalized spacial score (nSPS) is 12.7. The Morgan fingerprint density at radius 3 is 2.89 bits per heavy atom. The van der Waals surface area contributed by atoms with Crippen LogP contribution in [0.4, 0.5) is 0 Å². The second kappa shape index (κ2) is 7.02. The second-order valence-electron chi connectivity index (χ2n) is 5.71. The molecular formula is C20H14N2O4S. The summed E-state index contributed by atoms with van der Waals surface area (Å²) in [5.74, 6) is 1.80. The minimum Gasteiger partial charge on any atom is -0.504 e. The van der Waals surface area contributed by atoms with Crippen LogP contribution in [0.3, 0.4) is 0 Å². The fraction of sp³-hybridized carbons (Fsp3) is 0.100. The van der Waals surface area contributed by atoms with Gasteiger partial charge in [0.1, 0.15) is 11.1 Å². The van der Waals surface area contributed by atoms with Gasteiger partial charge in [-0.3, -0.25) is 0 Å². The van der Waals surface area contributed by atoms with Gasteiger partial charge in [0.25, 0.3) is 0 Å². The van der Waals surface area contributed by atoms with Gasteiger partial charge in [0.15, 0.2) is 23.0 Å². The largest absolute Gasteiger partial charge is 0.504 e. The van der Waals surface area contributed by atoms with Crippen LogP contribution in [-0.2, 0) is 0 Å². The van der Waals surface area contributed by atoms with Gasteiger partial charge in [0.2, 0.25) is 6.79 Å². The molecule has 1 aliphatic heterocycles. The zero-order valence-corrected chi connectivity index (χ0v) is 15.1. The Bertz CT molecular complexity index is 1080. The summed E-state index contributed by atoms with van der Waals surface area (Å²) in [7, 11) is 1.48. The number of phenolic OH excluding ortho intramolecular Hbond substituents is 1. The number of allylic oxidation sites excluding steroid dienone is 1. The molecule has 0 bridgehead atoms. The molecule has 2 aromatic carbocycles. The molecule has 6 nitrogen and oxygen atoms in total. The van der Waals surface area contributed by atoms with Crippen LogP contribution >= 0.6 is 11.3 Å². The molecule has 4 rings (SSSR count). The summed E-state index contributed by atoms with van der Waals surface area (Å²) in [5, 5.41) is 21.9. The van der Waals surface area contributed by atoms with Crippen molar-refractivity contribution in [3.63, 3.8) is 0 Å². The highest BCUT2D eigenvalue weighted by molar-refractivity contribution is 7.11. The third kappa shape index (κ3) is 3.30.